The lowest BCUT2D eigenvalue weighted by molar-refractivity contribution is -0.123. The number of fused-ring (bicyclic) bond motifs is 2. The predicted molar refractivity (Wildman–Crippen MR) is 98.6 cm³/mol. The molecule has 1 aromatic carbocycles. The Morgan fingerprint density at radius 2 is 2.04 bits per heavy atom. The van der Waals surface area contributed by atoms with Crippen molar-refractivity contribution < 1.29 is 4.79 Å². The average Bonchev–Trinajstić information content (AvgIpc) is 2.90. The van der Waals surface area contributed by atoms with Crippen molar-refractivity contribution in [3.05, 3.63) is 36.0 Å². The highest BCUT2D eigenvalue weighted by Gasteiger charge is 2.32. The van der Waals surface area contributed by atoms with Crippen LogP contribution in [-0.4, -0.2) is 22.2 Å². The second-order valence-corrected chi connectivity index (χ2v) is 7.16. The molecule has 0 unspecified atom stereocenters. The van der Waals surface area contributed by atoms with E-state index in [1.807, 2.05) is 47.1 Å². The number of benzene rings is 1. The molecular weight excluding hydrogens is 314 g/mol. The minimum atomic E-state index is 0.0917. The number of nitrogens with zero attached hydrogens (tertiary/aromatic N) is 3. The Morgan fingerprint density at radius 1 is 1.28 bits per heavy atom. The van der Waals surface area contributed by atoms with Gasteiger partial charge in [-0.05, 0) is 50.3 Å². The van der Waals surface area contributed by atoms with Gasteiger partial charge in [0.25, 0.3) is 0 Å². The third kappa shape index (κ3) is 2.91. The summed E-state index contributed by atoms with van der Waals surface area (Å²) in [5.41, 5.74) is 8.74. The second-order valence-electron chi connectivity index (χ2n) is 7.16. The third-order valence-electron chi connectivity index (χ3n) is 5.59. The minimum absolute atomic E-state index is 0.0917. The molecule has 2 aromatic rings. The van der Waals surface area contributed by atoms with Crippen molar-refractivity contribution >= 4 is 23.1 Å². The third-order valence-corrected chi connectivity index (χ3v) is 5.59. The molecule has 2 aliphatic rings. The van der Waals surface area contributed by atoms with Crippen molar-refractivity contribution in [1.82, 2.24) is 9.78 Å². The first-order chi connectivity index (χ1) is 12.2. The number of hydrogen-bond donors (Lipinski definition) is 2. The van der Waals surface area contributed by atoms with Crippen LogP contribution in [0, 0.1) is 11.8 Å². The van der Waals surface area contributed by atoms with E-state index in [1.165, 1.54) is 0 Å². The van der Waals surface area contributed by atoms with E-state index in [-0.39, 0.29) is 11.8 Å². The molecule has 1 amide bonds. The van der Waals surface area contributed by atoms with Gasteiger partial charge in [-0.25, -0.2) is 0 Å². The number of hydrogen-bond acceptors (Lipinski definition) is 4. The summed E-state index contributed by atoms with van der Waals surface area (Å²) >= 11 is 0. The van der Waals surface area contributed by atoms with Crippen LogP contribution in [-0.2, 0) is 18.4 Å². The lowest BCUT2D eigenvalue weighted by atomic mass is 9.81. The van der Waals surface area contributed by atoms with E-state index in [2.05, 4.69) is 10.4 Å². The highest BCUT2D eigenvalue weighted by atomic mass is 16.2. The largest absolute Gasteiger partial charge is 0.338 e. The smallest absolute Gasteiger partial charge is 0.230 e. The van der Waals surface area contributed by atoms with E-state index in [0.29, 0.717) is 12.5 Å². The molecule has 1 fully saturated rings. The molecule has 6 heteroatoms. The standard InChI is InChI=1S/C19H25N5O/c1-23-18-15(11-21-23)12-24(17-5-3-2-4-16(17)22-18)19(25)14-8-6-13(10-20)7-9-14/h2-5,11,13-14,22H,6-10,12,20H2,1H3. The number of para-hydroxylation sites is 2. The molecule has 1 saturated carbocycles. The zero-order chi connectivity index (χ0) is 17.4. The van der Waals surface area contributed by atoms with Crippen molar-refractivity contribution in [2.24, 2.45) is 24.6 Å². The highest BCUT2D eigenvalue weighted by molar-refractivity contribution is 5.99. The number of nitrogens with two attached hydrogens (primary N) is 1. The molecule has 2 heterocycles. The van der Waals surface area contributed by atoms with Gasteiger partial charge in [-0.2, -0.15) is 5.10 Å². The number of rotatable bonds is 2. The van der Waals surface area contributed by atoms with Gasteiger partial charge in [0.2, 0.25) is 5.91 Å². The van der Waals surface area contributed by atoms with Gasteiger partial charge < -0.3 is 16.0 Å². The number of carbonyl (C=O) groups is 1. The molecular formula is C19H25N5O. The molecule has 1 aliphatic carbocycles. The second kappa shape index (κ2) is 6.52. The monoisotopic (exact) mass is 339 g/mol. The summed E-state index contributed by atoms with van der Waals surface area (Å²) in [7, 11) is 1.92. The summed E-state index contributed by atoms with van der Waals surface area (Å²) < 4.78 is 1.83. The molecule has 0 spiro atoms. The Bertz CT molecular complexity index is 776. The molecule has 4 rings (SSSR count). The lowest BCUT2D eigenvalue weighted by Crippen LogP contribution is -2.37. The van der Waals surface area contributed by atoms with E-state index in [0.717, 1.165) is 55.0 Å². The van der Waals surface area contributed by atoms with E-state index in [1.54, 1.807) is 0 Å². The number of anilines is 3. The van der Waals surface area contributed by atoms with Crippen LogP contribution in [0.5, 0.6) is 0 Å². The Hall–Kier alpha value is -2.34. The van der Waals surface area contributed by atoms with Crippen molar-refractivity contribution in [2.45, 2.75) is 32.2 Å². The quantitative estimate of drug-likeness (QED) is 0.882. The molecule has 132 valence electrons. The van der Waals surface area contributed by atoms with E-state index < -0.39 is 0 Å². The van der Waals surface area contributed by atoms with Crippen LogP contribution in [0.4, 0.5) is 17.2 Å². The van der Waals surface area contributed by atoms with Crippen molar-refractivity contribution in [1.29, 1.82) is 0 Å². The zero-order valence-corrected chi connectivity index (χ0v) is 14.6. The molecule has 1 aromatic heterocycles. The Labute approximate surface area is 148 Å². The van der Waals surface area contributed by atoms with Gasteiger partial charge in [-0.1, -0.05) is 12.1 Å². The Morgan fingerprint density at radius 3 is 2.80 bits per heavy atom. The Kier molecular flexibility index (Phi) is 4.21. The van der Waals surface area contributed by atoms with Crippen molar-refractivity contribution in [3.63, 3.8) is 0 Å². The molecule has 1 aliphatic heterocycles. The van der Waals surface area contributed by atoms with Crippen molar-refractivity contribution in [2.75, 3.05) is 16.8 Å². The van der Waals surface area contributed by atoms with Gasteiger partial charge in [0.15, 0.2) is 0 Å². The number of aromatic nitrogens is 2. The summed E-state index contributed by atoms with van der Waals surface area (Å²) in [4.78, 5) is 15.3. The molecule has 0 saturated heterocycles. The van der Waals surface area contributed by atoms with Gasteiger partial charge in [0.05, 0.1) is 24.1 Å². The van der Waals surface area contributed by atoms with Crippen LogP contribution in [0.25, 0.3) is 0 Å². The molecule has 6 nitrogen and oxygen atoms in total. The normalized spacial score (nSPS) is 22.6. The van der Waals surface area contributed by atoms with Gasteiger partial charge in [0.1, 0.15) is 5.82 Å². The van der Waals surface area contributed by atoms with Crippen molar-refractivity contribution in [3.8, 4) is 0 Å². The van der Waals surface area contributed by atoms with E-state index in [4.69, 9.17) is 5.73 Å². The van der Waals surface area contributed by atoms with Gasteiger partial charge in [-0.3, -0.25) is 9.48 Å². The number of amides is 1. The summed E-state index contributed by atoms with van der Waals surface area (Å²) in [5.74, 6) is 1.84. The van der Waals surface area contributed by atoms with Gasteiger partial charge >= 0.3 is 0 Å². The maximum atomic E-state index is 13.3. The first-order valence-electron chi connectivity index (χ1n) is 9.05. The average molecular weight is 339 g/mol. The fraction of sp³-hybridized carbons (Fsp3) is 0.474. The Balaban J connectivity index is 1.65. The first-order valence-corrected chi connectivity index (χ1v) is 9.05. The first kappa shape index (κ1) is 16.1. The van der Waals surface area contributed by atoms with Crippen LogP contribution in [0.1, 0.15) is 31.2 Å². The molecule has 0 bridgehead atoms. The van der Waals surface area contributed by atoms with Crippen LogP contribution in [0.2, 0.25) is 0 Å². The zero-order valence-electron chi connectivity index (χ0n) is 14.6. The van der Waals surface area contributed by atoms with E-state index in [9.17, 15) is 4.79 Å². The summed E-state index contributed by atoms with van der Waals surface area (Å²) in [5, 5.41) is 7.79. The van der Waals surface area contributed by atoms with Crippen LogP contribution >= 0.6 is 0 Å². The molecule has 25 heavy (non-hydrogen) atoms. The fourth-order valence-corrected chi connectivity index (χ4v) is 4.02. The van der Waals surface area contributed by atoms with Crippen LogP contribution < -0.4 is 16.0 Å². The lowest BCUT2D eigenvalue weighted by Gasteiger charge is -2.31. The SMILES string of the molecule is Cn1ncc2c1Nc1ccccc1N(C(=O)C1CCC(CN)CC1)C2. The van der Waals surface area contributed by atoms with Gasteiger partial charge in [-0.15, -0.1) is 0 Å². The highest BCUT2D eigenvalue weighted by Crippen LogP contribution is 2.38. The number of carbonyl (C=O) groups excluding carboxylic acids is 1. The number of nitrogens with one attached hydrogen (secondary N) is 1. The number of aryl methyl sites for hydroxylation is 1. The topological polar surface area (TPSA) is 76.2 Å². The fourth-order valence-electron chi connectivity index (χ4n) is 4.02. The summed E-state index contributed by atoms with van der Waals surface area (Å²) in [6.45, 7) is 1.29. The molecule has 0 radical (unpaired) electrons. The summed E-state index contributed by atoms with van der Waals surface area (Å²) in [6, 6.07) is 8.01. The minimum Gasteiger partial charge on any atom is -0.338 e. The predicted octanol–water partition coefficient (Wildman–Crippen LogP) is 2.78. The van der Waals surface area contributed by atoms with Crippen LogP contribution in [0.3, 0.4) is 0 Å². The molecule has 3 N–H and O–H groups in total. The van der Waals surface area contributed by atoms with Gasteiger partial charge in [0, 0.05) is 18.5 Å². The van der Waals surface area contributed by atoms with Crippen LogP contribution in [0.15, 0.2) is 30.5 Å². The maximum Gasteiger partial charge on any atom is 0.230 e. The van der Waals surface area contributed by atoms with E-state index >= 15 is 0 Å². The maximum absolute atomic E-state index is 13.3. The molecule has 0 atom stereocenters. The summed E-state index contributed by atoms with van der Waals surface area (Å²) in [6.07, 6.45) is 5.83.